The predicted molar refractivity (Wildman–Crippen MR) is 137 cm³/mol. The van der Waals surface area contributed by atoms with Gasteiger partial charge in [-0.05, 0) is 80.3 Å². The molecule has 1 saturated heterocycles. The maximum absolute atomic E-state index is 13.2. The molecule has 0 radical (unpaired) electrons. The molecule has 7 heteroatoms. The van der Waals surface area contributed by atoms with E-state index in [0.717, 1.165) is 50.3 Å². The van der Waals surface area contributed by atoms with Crippen LogP contribution in [0.2, 0.25) is 0 Å². The van der Waals surface area contributed by atoms with Gasteiger partial charge in [-0.2, -0.15) is 0 Å². The molecule has 2 aliphatic rings. The number of likely N-dealkylation sites (tertiary alicyclic amines) is 1. The standard InChI is InChI=1S/C29H33N3O4/c1-31(19-24-7-3-4-13-30-24)26(17-21-6-5-8-25(16-21)34-2)22-11-14-32(15-12-22)29(33)23-9-10-27-28(18-23)36-20-35-27/h3-10,13,16,18,22,26H,11-12,14-15,17,19-20H2,1-2H3/t26-/m1/s1. The molecule has 0 saturated carbocycles. The van der Waals surface area contributed by atoms with Gasteiger partial charge in [0, 0.05) is 37.4 Å². The molecule has 3 heterocycles. The number of amides is 1. The average Bonchev–Trinajstić information content (AvgIpc) is 3.40. The van der Waals surface area contributed by atoms with E-state index < -0.39 is 0 Å². The Kier molecular flexibility index (Phi) is 7.37. The molecular weight excluding hydrogens is 454 g/mol. The smallest absolute Gasteiger partial charge is 0.253 e. The maximum atomic E-state index is 13.2. The topological polar surface area (TPSA) is 64.1 Å². The van der Waals surface area contributed by atoms with Gasteiger partial charge in [-0.25, -0.2) is 0 Å². The minimum Gasteiger partial charge on any atom is -0.497 e. The number of likely N-dealkylation sites (N-methyl/N-ethyl adjacent to an activating group) is 1. The van der Waals surface area contributed by atoms with Gasteiger partial charge in [-0.1, -0.05) is 18.2 Å². The van der Waals surface area contributed by atoms with Gasteiger partial charge < -0.3 is 19.1 Å². The SMILES string of the molecule is COc1cccc(C[C@H](C2CCN(C(=O)c3ccc4c(c3)OCO4)CC2)N(C)Cc2ccccn2)c1. The van der Waals surface area contributed by atoms with E-state index >= 15 is 0 Å². The lowest BCUT2D eigenvalue weighted by molar-refractivity contribution is 0.0601. The van der Waals surface area contributed by atoms with E-state index in [0.29, 0.717) is 29.0 Å². The third-order valence-electron chi connectivity index (χ3n) is 7.27. The fraction of sp³-hybridized carbons (Fsp3) is 0.379. The zero-order valence-electron chi connectivity index (χ0n) is 20.9. The van der Waals surface area contributed by atoms with Crippen LogP contribution in [0.5, 0.6) is 17.2 Å². The third kappa shape index (κ3) is 5.46. The van der Waals surface area contributed by atoms with E-state index in [9.17, 15) is 4.79 Å². The second-order valence-electron chi connectivity index (χ2n) is 9.56. The van der Waals surface area contributed by atoms with Crippen LogP contribution in [0.4, 0.5) is 0 Å². The Bertz CT molecular complexity index is 1180. The number of piperidine rings is 1. The van der Waals surface area contributed by atoms with E-state index in [1.54, 1.807) is 13.2 Å². The van der Waals surface area contributed by atoms with E-state index in [1.807, 2.05) is 41.4 Å². The molecule has 5 rings (SSSR count). The van der Waals surface area contributed by atoms with Crippen molar-refractivity contribution in [3.05, 3.63) is 83.7 Å². The molecule has 188 valence electrons. The molecule has 3 aromatic rings. The highest BCUT2D eigenvalue weighted by Gasteiger charge is 2.32. The van der Waals surface area contributed by atoms with Gasteiger partial charge in [-0.3, -0.25) is 14.7 Å². The van der Waals surface area contributed by atoms with E-state index in [4.69, 9.17) is 14.2 Å². The summed E-state index contributed by atoms with van der Waals surface area (Å²) in [5, 5.41) is 0. The van der Waals surface area contributed by atoms with E-state index in [2.05, 4.69) is 41.2 Å². The Hall–Kier alpha value is -3.58. The number of ether oxygens (including phenoxy) is 3. The number of fused-ring (bicyclic) bond motifs is 1. The van der Waals surface area contributed by atoms with Crippen LogP contribution in [0, 0.1) is 5.92 Å². The number of carbonyl (C=O) groups excluding carboxylic acids is 1. The summed E-state index contributed by atoms with van der Waals surface area (Å²) in [4.78, 5) is 22.1. The summed E-state index contributed by atoms with van der Waals surface area (Å²) in [7, 11) is 3.89. The first-order chi connectivity index (χ1) is 17.6. The van der Waals surface area contributed by atoms with Crippen LogP contribution in [0.25, 0.3) is 0 Å². The number of aromatic nitrogens is 1. The number of pyridine rings is 1. The molecule has 1 aromatic heterocycles. The molecule has 1 fully saturated rings. The molecule has 0 bridgehead atoms. The Morgan fingerprint density at radius 2 is 1.92 bits per heavy atom. The highest BCUT2D eigenvalue weighted by molar-refractivity contribution is 5.95. The molecule has 1 atom stereocenters. The Morgan fingerprint density at radius 3 is 2.69 bits per heavy atom. The van der Waals surface area contributed by atoms with Gasteiger partial charge in [0.2, 0.25) is 6.79 Å². The van der Waals surface area contributed by atoms with Crippen molar-refractivity contribution in [1.29, 1.82) is 0 Å². The molecule has 1 amide bonds. The van der Waals surface area contributed by atoms with Gasteiger partial charge in [0.05, 0.1) is 12.8 Å². The molecule has 36 heavy (non-hydrogen) atoms. The number of nitrogens with zero attached hydrogens (tertiary/aromatic N) is 3. The van der Waals surface area contributed by atoms with Crippen molar-refractivity contribution in [2.75, 3.05) is 34.0 Å². The summed E-state index contributed by atoms with van der Waals surface area (Å²) in [6, 6.07) is 20.1. The number of benzene rings is 2. The molecule has 0 aliphatic carbocycles. The van der Waals surface area contributed by atoms with Crippen molar-refractivity contribution >= 4 is 5.91 Å². The maximum Gasteiger partial charge on any atom is 0.253 e. The number of carbonyl (C=O) groups is 1. The molecule has 0 spiro atoms. The van der Waals surface area contributed by atoms with Crippen molar-refractivity contribution in [1.82, 2.24) is 14.8 Å². The fourth-order valence-electron chi connectivity index (χ4n) is 5.29. The van der Waals surface area contributed by atoms with Crippen molar-refractivity contribution in [2.24, 2.45) is 5.92 Å². The van der Waals surface area contributed by atoms with Crippen LogP contribution in [0.3, 0.4) is 0 Å². The van der Waals surface area contributed by atoms with Gasteiger partial charge in [-0.15, -0.1) is 0 Å². The van der Waals surface area contributed by atoms with Crippen molar-refractivity contribution in [3.63, 3.8) is 0 Å². The highest BCUT2D eigenvalue weighted by atomic mass is 16.7. The summed E-state index contributed by atoms with van der Waals surface area (Å²) in [5.41, 5.74) is 2.97. The Labute approximate surface area is 212 Å². The second kappa shape index (κ2) is 11.0. The van der Waals surface area contributed by atoms with E-state index in [-0.39, 0.29) is 12.7 Å². The average molecular weight is 488 g/mol. The predicted octanol–water partition coefficient (Wildman–Crippen LogP) is 4.41. The molecule has 7 nitrogen and oxygen atoms in total. The number of hydrogen-bond acceptors (Lipinski definition) is 6. The summed E-state index contributed by atoms with van der Waals surface area (Å²) in [6.45, 7) is 2.47. The lowest BCUT2D eigenvalue weighted by Gasteiger charge is -2.40. The second-order valence-corrected chi connectivity index (χ2v) is 9.56. The minimum absolute atomic E-state index is 0.0536. The number of methoxy groups -OCH3 is 1. The molecule has 2 aliphatic heterocycles. The molecule has 0 N–H and O–H groups in total. The summed E-state index contributed by atoms with van der Waals surface area (Å²) >= 11 is 0. The van der Waals surface area contributed by atoms with E-state index in [1.165, 1.54) is 5.56 Å². The van der Waals surface area contributed by atoms with Gasteiger partial charge >= 0.3 is 0 Å². The zero-order valence-corrected chi connectivity index (χ0v) is 20.9. The van der Waals surface area contributed by atoms with Crippen LogP contribution in [0.15, 0.2) is 66.9 Å². The van der Waals surface area contributed by atoms with Crippen LogP contribution < -0.4 is 14.2 Å². The first-order valence-electron chi connectivity index (χ1n) is 12.5. The van der Waals surface area contributed by atoms with Gasteiger partial charge in [0.15, 0.2) is 11.5 Å². The minimum atomic E-state index is 0.0536. The molecule has 0 unspecified atom stereocenters. The third-order valence-corrected chi connectivity index (χ3v) is 7.27. The van der Waals surface area contributed by atoms with Crippen molar-refractivity contribution in [3.8, 4) is 17.2 Å². The van der Waals surface area contributed by atoms with Crippen molar-refractivity contribution in [2.45, 2.75) is 31.8 Å². The van der Waals surface area contributed by atoms with Gasteiger partial charge in [0.1, 0.15) is 5.75 Å². The highest BCUT2D eigenvalue weighted by Crippen LogP contribution is 2.34. The number of rotatable bonds is 8. The molecular formula is C29H33N3O4. The normalized spacial score (nSPS) is 16.2. The fourth-order valence-corrected chi connectivity index (χ4v) is 5.29. The van der Waals surface area contributed by atoms with Crippen LogP contribution in [0.1, 0.15) is 34.5 Å². The largest absolute Gasteiger partial charge is 0.497 e. The summed E-state index contributed by atoms with van der Waals surface area (Å²) in [5.74, 6) is 2.73. The van der Waals surface area contributed by atoms with Crippen LogP contribution in [-0.2, 0) is 13.0 Å². The lowest BCUT2D eigenvalue weighted by Crippen LogP contribution is -2.46. The first kappa shape index (κ1) is 24.1. The summed E-state index contributed by atoms with van der Waals surface area (Å²) in [6.07, 6.45) is 4.68. The van der Waals surface area contributed by atoms with Crippen LogP contribution in [-0.4, -0.2) is 60.8 Å². The summed E-state index contributed by atoms with van der Waals surface area (Å²) < 4.78 is 16.3. The van der Waals surface area contributed by atoms with Crippen molar-refractivity contribution < 1.29 is 19.0 Å². The Morgan fingerprint density at radius 1 is 1.08 bits per heavy atom. The van der Waals surface area contributed by atoms with Gasteiger partial charge in [0.25, 0.3) is 5.91 Å². The number of hydrogen-bond donors (Lipinski definition) is 0. The molecule has 2 aromatic carbocycles. The zero-order chi connectivity index (χ0) is 24.9. The monoisotopic (exact) mass is 487 g/mol. The Balaban J connectivity index is 1.28. The first-order valence-corrected chi connectivity index (χ1v) is 12.5. The van der Waals surface area contributed by atoms with Crippen LogP contribution >= 0.6 is 0 Å². The lowest BCUT2D eigenvalue weighted by atomic mass is 9.84. The quantitative estimate of drug-likeness (QED) is 0.469.